The first-order valence-electron chi connectivity index (χ1n) is 10.1. The molecule has 6 nitrogen and oxygen atoms in total. The van der Waals surface area contributed by atoms with Crippen molar-refractivity contribution < 1.29 is 9.53 Å². The predicted octanol–water partition coefficient (Wildman–Crippen LogP) is 6.31. The molecule has 1 amide bonds. The van der Waals surface area contributed by atoms with Crippen LogP contribution in [0.4, 0.5) is 5.69 Å². The van der Waals surface area contributed by atoms with Crippen LogP contribution < -0.4 is 10.1 Å². The summed E-state index contributed by atoms with van der Waals surface area (Å²) in [5.41, 5.74) is 1.56. The normalized spacial score (nSPS) is 10.9. The fraction of sp³-hybridized carbons (Fsp3) is 0.318. The predicted molar refractivity (Wildman–Crippen MR) is 132 cm³/mol. The molecule has 3 aromatic rings. The summed E-state index contributed by atoms with van der Waals surface area (Å²) in [5, 5.41) is 13.7. The molecule has 0 bridgehead atoms. The van der Waals surface area contributed by atoms with Crippen LogP contribution >= 0.6 is 46.6 Å². The molecule has 0 unspecified atom stereocenters. The van der Waals surface area contributed by atoms with Crippen LogP contribution in [0.2, 0.25) is 15.1 Å². The van der Waals surface area contributed by atoms with Crippen LogP contribution in [0.25, 0.3) is 0 Å². The van der Waals surface area contributed by atoms with Gasteiger partial charge in [0, 0.05) is 33.7 Å². The Balaban J connectivity index is 1.50. The highest BCUT2D eigenvalue weighted by atomic mass is 35.5. The van der Waals surface area contributed by atoms with E-state index in [0.29, 0.717) is 39.1 Å². The Kier molecular flexibility index (Phi) is 9.11. The highest BCUT2D eigenvalue weighted by molar-refractivity contribution is 7.99. The van der Waals surface area contributed by atoms with E-state index in [0.717, 1.165) is 30.0 Å². The van der Waals surface area contributed by atoms with Crippen LogP contribution in [0.1, 0.15) is 24.7 Å². The number of halogens is 3. The van der Waals surface area contributed by atoms with E-state index in [-0.39, 0.29) is 11.7 Å². The largest absolute Gasteiger partial charge is 0.493 e. The standard InChI is InChI=1S/C22H23Cl3N4O2S/c1-3-29-20(5-4-8-31-19-7-6-15(23)9-14(19)2)27-28-22(29)32-13-21(30)26-18-11-16(24)10-17(25)12-18/h6-7,9-12H,3-5,8,13H2,1-2H3,(H,26,30). The van der Waals surface area contributed by atoms with Gasteiger partial charge in [-0.3, -0.25) is 4.79 Å². The van der Waals surface area contributed by atoms with E-state index in [1.165, 1.54) is 11.8 Å². The van der Waals surface area contributed by atoms with Crippen LogP contribution in [0.3, 0.4) is 0 Å². The smallest absolute Gasteiger partial charge is 0.234 e. The fourth-order valence-electron chi connectivity index (χ4n) is 3.07. The Bertz CT molecular complexity index is 1070. The molecule has 170 valence electrons. The number of carbonyl (C=O) groups excluding carboxylic acids is 1. The topological polar surface area (TPSA) is 69.0 Å². The van der Waals surface area contributed by atoms with Gasteiger partial charge in [-0.1, -0.05) is 46.6 Å². The molecule has 0 radical (unpaired) electrons. The Morgan fingerprint density at radius 3 is 2.53 bits per heavy atom. The lowest BCUT2D eigenvalue weighted by molar-refractivity contribution is -0.113. The highest BCUT2D eigenvalue weighted by Crippen LogP contribution is 2.24. The third-order valence-corrected chi connectivity index (χ3v) is 6.17. The first-order valence-corrected chi connectivity index (χ1v) is 12.2. The van der Waals surface area contributed by atoms with Crippen LogP contribution in [0, 0.1) is 6.92 Å². The van der Waals surface area contributed by atoms with Crippen molar-refractivity contribution >= 4 is 58.2 Å². The zero-order valence-corrected chi connectivity index (χ0v) is 20.8. The van der Waals surface area contributed by atoms with Crippen molar-refractivity contribution in [1.82, 2.24) is 14.8 Å². The van der Waals surface area contributed by atoms with Gasteiger partial charge in [0.25, 0.3) is 0 Å². The van der Waals surface area contributed by atoms with Crippen LogP contribution in [0.5, 0.6) is 5.75 Å². The first-order chi connectivity index (χ1) is 15.4. The number of aromatic nitrogens is 3. The Labute approximate surface area is 206 Å². The molecule has 2 aromatic carbocycles. The number of hydrogen-bond donors (Lipinski definition) is 1. The SMILES string of the molecule is CCn1c(CCCOc2ccc(Cl)cc2C)nnc1SCC(=O)Nc1cc(Cl)cc(Cl)c1. The van der Waals surface area contributed by atoms with E-state index in [9.17, 15) is 4.79 Å². The molecular formula is C22H23Cl3N4O2S. The minimum Gasteiger partial charge on any atom is -0.493 e. The molecular weight excluding hydrogens is 491 g/mol. The molecule has 3 rings (SSSR count). The number of nitrogens with one attached hydrogen (secondary N) is 1. The fourth-order valence-corrected chi connectivity index (χ4v) is 4.64. The molecule has 0 fully saturated rings. The summed E-state index contributed by atoms with van der Waals surface area (Å²) in [7, 11) is 0. The van der Waals surface area contributed by atoms with Crippen molar-refractivity contribution in [2.45, 2.75) is 38.4 Å². The molecule has 32 heavy (non-hydrogen) atoms. The molecule has 1 aromatic heterocycles. The number of hydrogen-bond acceptors (Lipinski definition) is 5. The molecule has 0 saturated carbocycles. The maximum atomic E-state index is 12.3. The molecule has 1 N–H and O–H groups in total. The maximum Gasteiger partial charge on any atom is 0.234 e. The number of aryl methyl sites for hydroxylation is 2. The van der Waals surface area contributed by atoms with E-state index in [1.54, 1.807) is 18.2 Å². The van der Waals surface area contributed by atoms with Gasteiger partial charge in [0.1, 0.15) is 11.6 Å². The van der Waals surface area contributed by atoms with E-state index in [4.69, 9.17) is 39.5 Å². The van der Waals surface area contributed by atoms with Gasteiger partial charge in [-0.2, -0.15) is 0 Å². The molecule has 0 aliphatic carbocycles. The lowest BCUT2D eigenvalue weighted by Gasteiger charge is -2.10. The van der Waals surface area contributed by atoms with Gasteiger partial charge in [0.15, 0.2) is 5.16 Å². The summed E-state index contributed by atoms with van der Waals surface area (Å²) in [6.07, 6.45) is 1.52. The number of carbonyl (C=O) groups is 1. The number of thioether (sulfide) groups is 1. The van der Waals surface area contributed by atoms with Gasteiger partial charge in [-0.15, -0.1) is 10.2 Å². The number of benzene rings is 2. The first kappa shape index (κ1) is 24.7. The van der Waals surface area contributed by atoms with Crippen molar-refractivity contribution in [3.05, 3.63) is 62.9 Å². The number of rotatable bonds is 10. The number of nitrogens with zero attached hydrogens (tertiary/aromatic N) is 3. The van der Waals surface area contributed by atoms with Gasteiger partial charge in [-0.25, -0.2) is 0 Å². The molecule has 1 heterocycles. The van der Waals surface area contributed by atoms with Crippen molar-refractivity contribution in [1.29, 1.82) is 0 Å². The van der Waals surface area contributed by atoms with E-state index in [1.807, 2.05) is 36.6 Å². The quantitative estimate of drug-likeness (QED) is 0.254. The molecule has 0 saturated heterocycles. The second-order valence-electron chi connectivity index (χ2n) is 7.00. The third-order valence-electron chi connectivity index (χ3n) is 4.53. The number of amides is 1. The summed E-state index contributed by atoms with van der Waals surface area (Å²) in [5.74, 6) is 1.72. The van der Waals surface area contributed by atoms with Crippen molar-refractivity contribution in [3.8, 4) is 5.75 Å². The second kappa shape index (κ2) is 11.8. The minimum atomic E-state index is -0.174. The summed E-state index contributed by atoms with van der Waals surface area (Å²) >= 11 is 19.3. The molecule has 10 heteroatoms. The average Bonchev–Trinajstić information content (AvgIpc) is 3.12. The van der Waals surface area contributed by atoms with Crippen molar-refractivity contribution in [3.63, 3.8) is 0 Å². The average molecular weight is 514 g/mol. The van der Waals surface area contributed by atoms with Crippen LogP contribution in [0.15, 0.2) is 41.6 Å². The molecule has 0 aliphatic heterocycles. The van der Waals surface area contributed by atoms with Gasteiger partial charge >= 0.3 is 0 Å². The molecule has 0 atom stereocenters. The zero-order valence-electron chi connectivity index (χ0n) is 17.7. The van der Waals surface area contributed by atoms with Gasteiger partial charge in [0.05, 0.1) is 12.4 Å². The number of ether oxygens (including phenoxy) is 1. The summed E-state index contributed by atoms with van der Waals surface area (Å²) < 4.78 is 7.87. The van der Waals surface area contributed by atoms with Crippen molar-refractivity contribution in [2.24, 2.45) is 0 Å². The molecule has 0 aliphatic rings. The summed E-state index contributed by atoms with van der Waals surface area (Å²) in [6, 6.07) is 10.5. The van der Waals surface area contributed by atoms with Crippen LogP contribution in [-0.2, 0) is 17.8 Å². The zero-order chi connectivity index (χ0) is 23.1. The van der Waals surface area contributed by atoms with Gasteiger partial charge < -0.3 is 14.6 Å². The Morgan fingerprint density at radius 2 is 1.84 bits per heavy atom. The lowest BCUT2D eigenvalue weighted by atomic mass is 10.2. The maximum absolute atomic E-state index is 12.3. The van der Waals surface area contributed by atoms with Crippen molar-refractivity contribution in [2.75, 3.05) is 17.7 Å². The monoisotopic (exact) mass is 512 g/mol. The van der Waals surface area contributed by atoms with Gasteiger partial charge in [-0.05, 0) is 62.2 Å². The van der Waals surface area contributed by atoms with Gasteiger partial charge in [0.2, 0.25) is 5.91 Å². The second-order valence-corrected chi connectivity index (χ2v) is 9.25. The van der Waals surface area contributed by atoms with E-state index < -0.39 is 0 Å². The third kappa shape index (κ3) is 7.04. The Morgan fingerprint density at radius 1 is 1.09 bits per heavy atom. The van der Waals surface area contributed by atoms with Crippen LogP contribution in [-0.4, -0.2) is 33.0 Å². The lowest BCUT2D eigenvalue weighted by Crippen LogP contribution is -2.15. The Hall–Kier alpha value is -1.93. The minimum absolute atomic E-state index is 0.174. The molecule has 0 spiro atoms. The number of anilines is 1. The highest BCUT2D eigenvalue weighted by Gasteiger charge is 2.14. The summed E-state index contributed by atoms with van der Waals surface area (Å²) in [6.45, 7) is 5.27. The van der Waals surface area contributed by atoms with E-state index >= 15 is 0 Å². The van der Waals surface area contributed by atoms with E-state index in [2.05, 4.69) is 15.5 Å². The summed E-state index contributed by atoms with van der Waals surface area (Å²) in [4.78, 5) is 12.3.